The Morgan fingerprint density at radius 3 is 2.39 bits per heavy atom. The Balaban J connectivity index is 2.02. The van der Waals surface area contributed by atoms with Crippen molar-refractivity contribution in [3.8, 4) is 0 Å². The van der Waals surface area contributed by atoms with Gasteiger partial charge in [0.1, 0.15) is 0 Å². The third-order valence-corrected chi connectivity index (χ3v) is 4.53. The first-order chi connectivity index (χ1) is 8.58. The van der Waals surface area contributed by atoms with E-state index in [9.17, 15) is 4.79 Å². The summed E-state index contributed by atoms with van der Waals surface area (Å²) in [6, 6.07) is 0. The molecule has 1 unspecified atom stereocenters. The van der Waals surface area contributed by atoms with Crippen molar-refractivity contribution in [2.45, 2.75) is 71.1 Å². The van der Waals surface area contributed by atoms with Crippen LogP contribution < -0.4 is 5.73 Å². The number of carboxylic acid groups (broad SMARTS) is 1. The van der Waals surface area contributed by atoms with E-state index in [2.05, 4.69) is 0 Å². The molecule has 0 amide bonds. The van der Waals surface area contributed by atoms with Gasteiger partial charge in [-0.3, -0.25) is 4.79 Å². The fourth-order valence-corrected chi connectivity index (χ4v) is 2.90. The van der Waals surface area contributed by atoms with Crippen LogP contribution in [-0.2, 0) is 4.79 Å². The van der Waals surface area contributed by atoms with Gasteiger partial charge in [0.15, 0.2) is 0 Å². The van der Waals surface area contributed by atoms with Crippen molar-refractivity contribution in [2.75, 3.05) is 6.54 Å². The average molecular weight is 255 g/mol. The second-order valence-corrected chi connectivity index (χ2v) is 6.17. The molecule has 0 spiro atoms. The average Bonchev–Trinajstić information content (AvgIpc) is 2.86. The van der Waals surface area contributed by atoms with E-state index in [1.807, 2.05) is 0 Å². The van der Waals surface area contributed by atoms with Crippen LogP contribution in [0, 0.1) is 11.3 Å². The van der Waals surface area contributed by atoms with Crippen LogP contribution in [0.4, 0.5) is 0 Å². The van der Waals surface area contributed by atoms with Crippen molar-refractivity contribution in [1.29, 1.82) is 0 Å². The van der Waals surface area contributed by atoms with E-state index in [-0.39, 0.29) is 6.54 Å². The molecule has 18 heavy (non-hydrogen) atoms. The standard InChI is InChI=1S/C15H29NO2/c1-15(12-16,14(17)18)11-7-3-2-4-8-13-9-5-6-10-13/h13H,2-12,16H2,1H3,(H,17,18). The van der Waals surface area contributed by atoms with Crippen molar-refractivity contribution in [3.05, 3.63) is 0 Å². The SMILES string of the molecule is CC(CN)(CCCCCCC1CCCC1)C(=O)O. The first-order valence-electron chi connectivity index (χ1n) is 7.52. The largest absolute Gasteiger partial charge is 0.481 e. The van der Waals surface area contributed by atoms with Crippen molar-refractivity contribution in [3.63, 3.8) is 0 Å². The molecule has 1 aliphatic rings. The van der Waals surface area contributed by atoms with Gasteiger partial charge in [0.2, 0.25) is 0 Å². The van der Waals surface area contributed by atoms with E-state index in [1.54, 1.807) is 6.92 Å². The zero-order valence-corrected chi connectivity index (χ0v) is 11.8. The summed E-state index contributed by atoms with van der Waals surface area (Å²) in [7, 11) is 0. The molecule has 3 nitrogen and oxygen atoms in total. The first kappa shape index (κ1) is 15.5. The van der Waals surface area contributed by atoms with Gasteiger partial charge in [-0.1, -0.05) is 57.8 Å². The fraction of sp³-hybridized carbons (Fsp3) is 0.933. The second-order valence-electron chi connectivity index (χ2n) is 6.17. The molecule has 1 rings (SSSR count). The van der Waals surface area contributed by atoms with Crippen molar-refractivity contribution in [1.82, 2.24) is 0 Å². The van der Waals surface area contributed by atoms with Crippen LogP contribution in [0.1, 0.15) is 71.1 Å². The Hall–Kier alpha value is -0.570. The Bertz CT molecular complexity index is 249. The van der Waals surface area contributed by atoms with Crippen LogP contribution in [0.25, 0.3) is 0 Å². The molecular formula is C15H29NO2. The van der Waals surface area contributed by atoms with E-state index in [4.69, 9.17) is 10.8 Å². The lowest BCUT2D eigenvalue weighted by molar-refractivity contribution is -0.147. The highest BCUT2D eigenvalue weighted by molar-refractivity contribution is 5.74. The molecule has 0 saturated heterocycles. The van der Waals surface area contributed by atoms with Gasteiger partial charge in [-0.05, 0) is 19.3 Å². The highest BCUT2D eigenvalue weighted by Crippen LogP contribution is 2.29. The van der Waals surface area contributed by atoms with Crippen molar-refractivity contribution < 1.29 is 9.90 Å². The molecule has 1 aliphatic carbocycles. The Morgan fingerprint density at radius 2 is 1.83 bits per heavy atom. The molecule has 106 valence electrons. The highest BCUT2D eigenvalue weighted by Gasteiger charge is 2.30. The quantitative estimate of drug-likeness (QED) is 0.619. The number of unbranched alkanes of at least 4 members (excludes halogenated alkanes) is 3. The van der Waals surface area contributed by atoms with Crippen LogP contribution in [0.15, 0.2) is 0 Å². The summed E-state index contributed by atoms with van der Waals surface area (Å²) in [4.78, 5) is 11.1. The van der Waals surface area contributed by atoms with E-state index >= 15 is 0 Å². The normalized spacial score (nSPS) is 19.9. The van der Waals surface area contributed by atoms with E-state index < -0.39 is 11.4 Å². The summed E-state index contributed by atoms with van der Waals surface area (Å²) in [6.45, 7) is 2.00. The molecule has 0 bridgehead atoms. The number of rotatable bonds is 9. The third kappa shape index (κ3) is 4.97. The lowest BCUT2D eigenvalue weighted by Crippen LogP contribution is -2.35. The number of hydrogen-bond donors (Lipinski definition) is 2. The summed E-state index contributed by atoms with van der Waals surface area (Å²) >= 11 is 0. The van der Waals surface area contributed by atoms with Crippen LogP contribution in [0.2, 0.25) is 0 Å². The van der Waals surface area contributed by atoms with E-state index in [0.717, 1.165) is 18.8 Å². The maximum Gasteiger partial charge on any atom is 0.310 e. The Morgan fingerprint density at radius 1 is 1.22 bits per heavy atom. The number of nitrogens with two attached hydrogens (primary N) is 1. The topological polar surface area (TPSA) is 63.3 Å². The van der Waals surface area contributed by atoms with Gasteiger partial charge in [-0.15, -0.1) is 0 Å². The molecular weight excluding hydrogens is 226 g/mol. The highest BCUT2D eigenvalue weighted by atomic mass is 16.4. The van der Waals surface area contributed by atoms with Gasteiger partial charge in [0.25, 0.3) is 0 Å². The molecule has 1 fully saturated rings. The van der Waals surface area contributed by atoms with Crippen LogP contribution >= 0.6 is 0 Å². The minimum Gasteiger partial charge on any atom is -0.481 e. The number of aliphatic carboxylic acids is 1. The van der Waals surface area contributed by atoms with E-state index in [1.165, 1.54) is 44.9 Å². The van der Waals surface area contributed by atoms with E-state index in [0.29, 0.717) is 6.42 Å². The fourth-order valence-electron chi connectivity index (χ4n) is 2.90. The van der Waals surface area contributed by atoms with Crippen LogP contribution in [0.5, 0.6) is 0 Å². The number of carboxylic acids is 1. The molecule has 0 aliphatic heterocycles. The molecule has 3 heteroatoms. The zero-order chi connectivity index (χ0) is 13.4. The second kappa shape index (κ2) is 7.78. The summed E-state index contributed by atoms with van der Waals surface area (Å²) in [5.74, 6) is 0.231. The van der Waals surface area contributed by atoms with Gasteiger partial charge >= 0.3 is 5.97 Å². The zero-order valence-electron chi connectivity index (χ0n) is 11.8. The molecule has 0 heterocycles. The number of hydrogen-bond acceptors (Lipinski definition) is 2. The maximum absolute atomic E-state index is 11.1. The van der Waals surface area contributed by atoms with Crippen molar-refractivity contribution in [2.24, 2.45) is 17.1 Å². The van der Waals surface area contributed by atoms with Gasteiger partial charge in [-0.25, -0.2) is 0 Å². The predicted octanol–water partition coefficient (Wildman–Crippen LogP) is 3.57. The molecule has 0 aromatic carbocycles. The minimum absolute atomic E-state index is 0.240. The minimum atomic E-state index is -0.754. The van der Waals surface area contributed by atoms with Crippen molar-refractivity contribution >= 4 is 5.97 Å². The third-order valence-electron chi connectivity index (χ3n) is 4.53. The predicted molar refractivity (Wildman–Crippen MR) is 74.5 cm³/mol. The smallest absolute Gasteiger partial charge is 0.310 e. The van der Waals surface area contributed by atoms with Crippen LogP contribution in [-0.4, -0.2) is 17.6 Å². The summed E-state index contributed by atoms with van der Waals surface area (Å²) in [6.07, 6.45) is 12.5. The number of carbonyl (C=O) groups is 1. The van der Waals surface area contributed by atoms with Gasteiger partial charge in [-0.2, -0.15) is 0 Å². The Kier molecular flexibility index (Phi) is 6.69. The molecule has 3 N–H and O–H groups in total. The lowest BCUT2D eigenvalue weighted by atomic mass is 9.84. The monoisotopic (exact) mass is 255 g/mol. The molecule has 0 aromatic rings. The summed E-state index contributed by atoms with van der Waals surface area (Å²) < 4.78 is 0. The summed E-state index contributed by atoms with van der Waals surface area (Å²) in [5, 5.41) is 9.10. The van der Waals surface area contributed by atoms with Gasteiger partial charge < -0.3 is 10.8 Å². The molecule has 1 atom stereocenters. The molecule has 1 saturated carbocycles. The maximum atomic E-state index is 11.1. The lowest BCUT2D eigenvalue weighted by Gasteiger charge is -2.22. The Labute approximate surface area is 111 Å². The molecule has 0 aromatic heterocycles. The molecule has 0 radical (unpaired) electrons. The van der Waals surface area contributed by atoms with Gasteiger partial charge in [0, 0.05) is 6.54 Å². The summed E-state index contributed by atoms with van der Waals surface area (Å²) in [5.41, 5.74) is 4.83. The van der Waals surface area contributed by atoms with Gasteiger partial charge in [0.05, 0.1) is 5.41 Å². The first-order valence-corrected chi connectivity index (χ1v) is 7.52. The van der Waals surface area contributed by atoms with Crippen LogP contribution in [0.3, 0.4) is 0 Å².